The Hall–Kier alpha value is -2.11. The summed E-state index contributed by atoms with van der Waals surface area (Å²) >= 11 is 0. The normalized spacial score (nSPS) is 12.1. The summed E-state index contributed by atoms with van der Waals surface area (Å²) in [5.74, 6) is 0.165. The topological polar surface area (TPSA) is 76.0 Å². The second-order valence-electron chi connectivity index (χ2n) is 4.21. The summed E-state index contributed by atoms with van der Waals surface area (Å²) in [6.45, 7) is 3.80. The van der Waals surface area contributed by atoms with Gasteiger partial charge in [0, 0.05) is 6.08 Å². The van der Waals surface area contributed by atoms with Gasteiger partial charge in [-0.2, -0.15) is 0 Å². The molecule has 1 aromatic carbocycles. The summed E-state index contributed by atoms with van der Waals surface area (Å²) in [7, 11) is 0. The SMILES string of the molecule is C=CCOC(=O)/C=C/C[C@H](O)c1ccc(OCCO)cc1. The summed E-state index contributed by atoms with van der Waals surface area (Å²) in [6, 6.07) is 6.91. The molecule has 0 aliphatic heterocycles. The first-order valence-electron chi connectivity index (χ1n) is 6.63. The predicted octanol–water partition coefficient (Wildman–Crippen LogP) is 1.77. The number of aliphatic hydroxyl groups excluding tert-OH is 2. The van der Waals surface area contributed by atoms with Crippen molar-refractivity contribution in [3.05, 3.63) is 54.6 Å². The third-order valence-electron chi connectivity index (χ3n) is 2.58. The van der Waals surface area contributed by atoms with Gasteiger partial charge in [-0.1, -0.05) is 30.9 Å². The van der Waals surface area contributed by atoms with Gasteiger partial charge in [-0.05, 0) is 24.1 Å². The first kappa shape index (κ1) is 16.9. The van der Waals surface area contributed by atoms with Crippen LogP contribution < -0.4 is 4.74 Å². The van der Waals surface area contributed by atoms with Gasteiger partial charge in [0.05, 0.1) is 12.7 Å². The fraction of sp³-hybridized carbons (Fsp3) is 0.312. The Balaban J connectivity index is 2.44. The molecule has 0 spiro atoms. The molecular formula is C16H20O5. The fourth-order valence-corrected chi connectivity index (χ4v) is 1.57. The molecule has 0 fully saturated rings. The van der Waals surface area contributed by atoms with Crippen LogP contribution in [0.25, 0.3) is 0 Å². The molecule has 0 aromatic heterocycles. The van der Waals surface area contributed by atoms with Crippen molar-refractivity contribution in [1.29, 1.82) is 0 Å². The van der Waals surface area contributed by atoms with Crippen molar-refractivity contribution >= 4 is 5.97 Å². The van der Waals surface area contributed by atoms with Crippen LogP contribution in [-0.2, 0) is 9.53 Å². The van der Waals surface area contributed by atoms with Crippen LogP contribution >= 0.6 is 0 Å². The summed E-state index contributed by atoms with van der Waals surface area (Å²) in [5, 5.41) is 18.6. The maximum Gasteiger partial charge on any atom is 0.330 e. The first-order chi connectivity index (χ1) is 10.2. The van der Waals surface area contributed by atoms with Crippen LogP contribution in [0.3, 0.4) is 0 Å². The van der Waals surface area contributed by atoms with Crippen LogP contribution in [0.2, 0.25) is 0 Å². The number of esters is 1. The average Bonchev–Trinajstić information content (AvgIpc) is 2.51. The zero-order valence-electron chi connectivity index (χ0n) is 11.8. The number of benzene rings is 1. The Bertz CT molecular complexity index is 464. The van der Waals surface area contributed by atoms with Crippen molar-refractivity contribution in [2.45, 2.75) is 12.5 Å². The molecule has 21 heavy (non-hydrogen) atoms. The molecule has 0 saturated heterocycles. The van der Waals surface area contributed by atoms with Crippen LogP contribution in [0.1, 0.15) is 18.1 Å². The van der Waals surface area contributed by atoms with Crippen molar-refractivity contribution in [2.24, 2.45) is 0 Å². The number of aliphatic hydroxyl groups is 2. The Morgan fingerprint density at radius 1 is 1.33 bits per heavy atom. The van der Waals surface area contributed by atoms with E-state index in [2.05, 4.69) is 6.58 Å². The second kappa shape index (κ2) is 9.74. The quantitative estimate of drug-likeness (QED) is 0.412. The third-order valence-corrected chi connectivity index (χ3v) is 2.58. The lowest BCUT2D eigenvalue weighted by atomic mass is 10.1. The molecule has 0 radical (unpaired) electrons. The van der Waals surface area contributed by atoms with Gasteiger partial charge in [0.15, 0.2) is 0 Å². The summed E-state index contributed by atoms with van der Waals surface area (Å²) in [5.41, 5.74) is 0.718. The lowest BCUT2D eigenvalue weighted by Gasteiger charge is -2.10. The molecule has 2 N–H and O–H groups in total. The number of hydrogen-bond acceptors (Lipinski definition) is 5. The lowest BCUT2D eigenvalue weighted by molar-refractivity contribution is -0.136. The van der Waals surface area contributed by atoms with Gasteiger partial charge >= 0.3 is 5.97 Å². The maximum atomic E-state index is 11.2. The fourth-order valence-electron chi connectivity index (χ4n) is 1.57. The number of hydrogen-bond donors (Lipinski definition) is 2. The zero-order valence-corrected chi connectivity index (χ0v) is 11.8. The number of carbonyl (C=O) groups is 1. The minimum atomic E-state index is -0.708. The zero-order chi connectivity index (χ0) is 15.5. The highest BCUT2D eigenvalue weighted by molar-refractivity contribution is 5.81. The van der Waals surface area contributed by atoms with E-state index in [9.17, 15) is 9.90 Å². The van der Waals surface area contributed by atoms with Crippen LogP contribution in [0.5, 0.6) is 5.75 Å². The Labute approximate surface area is 124 Å². The summed E-state index contributed by atoms with van der Waals surface area (Å²) < 4.78 is 9.99. The van der Waals surface area contributed by atoms with Crippen molar-refractivity contribution in [3.63, 3.8) is 0 Å². The van der Waals surface area contributed by atoms with Gasteiger partial charge in [0.1, 0.15) is 19.0 Å². The second-order valence-corrected chi connectivity index (χ2v) is 4.21. The Kier molecular flexibility index (Phi) is 7.86. The molecule has 0 bridgehead atoms. The number of carbonyl (C=O) groups excluding carboxylic acids is 1. The molecule has 0 amide bonds. The van der Waals surface area contributed by atoms with Crippen molar-refractivity contribution in [1.82, 2.24) is 0 Å². The molecule has 0 heterocycles. The summed E-state index contributed by atoms with van der Waals surface area (Å²) in [6.07, 6.45) is 3.93. The van der Waals surface area contributed by atoms with Gasteiger partial charge in [0.25, 0.3) is 0 Å². The van der Waals surface area contributed by atoms with Crippen LogP contribution in [0, 0.1) is 0 Å². The van der Waals surface area contributed by atoms with E-state index in [4.69, 9.17) is 14.6 Å². The molecule has 0 saturated carbocycles. The summed E-state index contributed by atoms with van der Waals surface area (Å²) in [4.78, 5) is 11.2. The van der Waals surface area contributed by atoms with Crippen LogP contribution in [0.15, 0.2) is 49.1 Å². The highest BCUT2D eigenvalue weighted by Gasteiger charge is 2.06. The molecule has 1 atom stereocenters. The van der Waals surface area contributed by atoms with E-state index >= 15 is 0 Å². The minimum Gasteiger partial charge on any atom is -0.491 e. The van der Waals surface area contributed by atoms with Crippen molar-refractivity contribution < 1.29 is 24.5 Å². The number of ether oxygens (including phenoxy) is 2. The van der Waals surface area contributed by atoms with E-state index < -0.39 is 12.1 Å². The van der Waals surface area contributed by atoms with Gasteiger partial charge in [0.2, 0.25) is 0 Å². The molecule has 1 rings (SSSR count). The van der Waals surface area contributed by atoms with Gasteiger partial charge < -0.3 is 19.7 Å². The van der Waals surface area contributed by atoms with Gasteiger partial charge in [-0.15, -0.1) is 0 Å². The molecule has 114 valence electrons. The largest absolute Gasteiger partial charge is 0.491 e. The standard InChI is InChI=1S/C16H20O5/c1-2-11-21-16(19)5-3-4-15(18)13-6-8-14(9-7-13)20-12-10-17/h2-3,5-9,15,17-18H,1,4,10-12H2/b5-3+/t15-/m0/s1. The smallest absolute Gasteiger partial charge is 0.330 e. The first-order valence-corrected chi connectivity index (χ1v) is 6.63. The maximum absolute atomic E-state index is 11.2. The minimum absolute atomic E-state index is 0.0445. The molecule has 1 aromatic rings. The lowest BCUT2D eigenvalue weighted by Crippen LogP contribution is -2.02. The molecule has 0 unspecified atom stereocenters. The molecule has 5 nitrogen and oxygen atoms in total. The predicted molar refractivity (Wildman–Crippen MR) is 78.9 cm³/mol. The number of rotatable bonds is 9. The Morgan fingerprint density at radius 2 is 2.05 bits per heavy atom. The van der Waals surface area contributed by atoms with E-state index in [-0.39, 0.29) is 19.8 Å². The van der Waals surface area contributed by atoms with Crippen LogP contribution in [-0.4, -0.2) is 36.0 Å². The van der Waals surface area contributed by atoms with Gasteiger partial charge in [-0.25, -0.2) is 4.79 Å². The van der Waals surface area contributed by atoms with Gasteiger partial charge in [-0.3, -0.25) is 0 Å². The van der Waals surface area contributed by atoms with E-state index in [0.29, 0.717) is 12.2 Å². The van der Waals surface area contributed by atoms with E-state index in [0.717, 1.165) is 5.56 Å². The Morgan fingerprint density at radius 3 is 2.67 bits per heavy atom. The molecular weight excluding hydrogens is 272 g/mol. The molecule has 5 heteroatoms. The molecule has 0 aliphatic rings. The molecule has 0 aliphatic carbocycles. The van der Waals surface area contributed by atoms with Crippen molar-refractivity contribution in [2.75, 3.05) is 19.8 Å². The van der Waals surface area contributed by atoms with E-state index in [1.807, 2.05) is 0 Å². The van der Waals surface area contributed by atoms with Crippen LogP contribution in [0.4, 0.5) is 0 Å². The highest BCUT2D eigenvalue weighted by atomic mass is 16.5. The van der Waals surface area contributed by atoms with E-state index in [1.165, 1.54) is 12.2 Å². The van der Waals surface area contributed by atoms with E-state index in [1.54, 1.807) is 30.3 Å². The van der Waals surface area contributed by atoms with Crippen molar-refractivity contribution in [3.8, 4) is 5.75 Å². The third kappa shape index (κ3) is 6.74. The average molecular weight is 292 g/mol. The monoisotopic (exact) mass is 292 g/mol. The highest BCUT2D eigenvalue weighted by Crippen LogP contribution is 2.20.